The second kappa shape index (κ2) is 4.78. The van der Waals surface area contributed by atoms with Crippen LogP contribution >= 0.6 is 0 Å². The van der Waals surface area contributed by atoms with Gasteiger partial charge in [0.25, 0.3) is 0 Å². The first-order valence-corrected chi connectivity index (χ1v) is 7.73. The summed E-state index contributed by atoms with van der Waals surface area (Å²) in [4.78, 5) is 0. The summed E-state index contributed by atoms with van der Waals surface area (Å²) in [5.41, 5.74) is 1.48. The van der Waals surface area contributed by atoms with Crippen molar-refractivity contribution in [3.8, 4) is 0 Å². The van der Waals surface area contributed by atoms with Crippen molar-refractivity contribution in [3.63, 3.8) is 0 Å². The van der Waals surface area contributed by atoms with Crippen LogP contribution in [0.5, 0.6) is 0 Å². The van der Waals surface area contributed by atoms with Crippen molar-refractivity contribution in [1.29, 1.82) is 0 Å². The number of rotatable bonds is 2. The van der Waals surface area contributed by atoms with Crippen molar-refractivity contribution in [2.45, 2.75) is 43.7 Å². The molecule has 0 bridgehead atoms. The SMILES string of the molecule is c1ccc2c(NC3CCOC4(CCC4)C3)cccc2c1. The summed E-state index contributed by atoms with van der Waals surface area (Å²) in [6, 6.07) is 15.7. The molecule has 1 aliphatic carbocycles. The van der Waals surface area contributed by atoms with Crippen LogP contribution < -0.4 is 5.32 Å². The van der Waals surface area contributed by atoms with E-state index in [1.165, 1.54) is 35.7 Å². The normalized spacial score (nSPS) is 24.5. The van der Waals surface area contributed by atoms with Gasteiger partial charge < -0.3 is 10.1 Å². The van der Waals surface area contributed by atoms with Gasteiger partial charge in [-0.2, -0.15) is 0 Å². The minimum atomic E-state index is 0.209. The Bertz CT molecular complexity index is 612. The van der Waals surface area contributed by atoms with Crippen LogP contribution in [-0.4, -0.2) is 18.2 Å². The molecule has 1 saturated heterocycles. The molecule has 2 nitrogen and oxygen atoms in total. The van der Waals surface area contributed by atoms with E-state index in [-0.39, 0.29) is 5.60 Å². The average Bonchev–Trinajstić information content (AvgIpc) is 2.46. The molecule has 0 radical (unpaired) electrons. The zero-order chi connectivity index (χ0) is 13.4. The third-order valence-electron chi connectivity index (χ3n) is 4.91. The molecule has 1 spiro atoms. The van der Waals surface area contributed by atoms with Crippen molar-refractivity contribution < 1.29 is 4.74 Å². The maximum absolute atomic E-state index is 6.02. The van der Waals surface area contributed by atoms with Gasteiger partial charge in [0, 0.05) is 23.7 Å². The molecule has 0 aromatic heterocycles. The highest BCUT2D eigenvalue weighted by atomic mass is 16.5. The van der Waals surface area contributed by atoms with Crippen LogP contribution in [0, 0.1) is 0 Å². The fourth-order valence-electron chi connectivity index (χ4n) is 3.64. The van der Waals surface area contributed by atoms with E-state index >= 15 is 0 Å². The van der Waals surface area contributed by atoms with E-state index in [1.54, 1.807) is 0 Å². The number of hydrogen-bond donors (Lipinski definition) is 1. The van der Waals surface area contributed by atoms with E-state index in [0.717, 1.165) is 19.4 Å². The van der Waals surface area contributed by atoms with Gasteiger partial charge in [-0.3, -0.25) is 0 Å². The highest BCUT2D eigenvalue weighted by Crippen LogP contribution is 2.43. The lowest BCUT2D eigenvalue weighted by Gasteiger charge is -2.47. The van der Waals surface area contributed by atoms with Crippen LogP contribution in [0.3, 0.4) is 0 Å². The molecule has 4 rings (SSSR count). The Balaban J connectivity index is 1.58. The fraction of sp³-hybridized carbons (Fsp3) is 0.444. The number of nitrogens with one attached hydrogen (secondary N) is 1. The first-order chi connectivity index (χ1) is 9.85. The van der Waals surface area contributed by atoms with Crippen molar-refractivity contribution in [2.24, 2.45) is 0 Å². The third-order valence-corrected chi connectivity index (χ3v) is 4.91. The zero-order valence-electron chi connectivity index (χ0n) is 11.8. The van der Waals surface area contributed by atoms with Crippen molar-refractivity contribution in [2.75, 3.05) is 11.9 Å². The van der Waals surface area contributed by atoms with Crippen LogP contribution in [0.25, 0.3) is 10.8 Å². The highest BCUT2D eigenvalue weighted by molar-refractivity contribution is 5.93. The number of fused-ring (bicyclic) bond motifs is 1. The van der Waals surface area contributed by atoms with E-state index in [2.05, 4.69) is 47.8 Å². The van der Waals surface area contributed by atoms with Crippen molar-refractivity contribution in [1.82, 2.24) is 0 Å². The lowest BCUT2D eigenvalue weighted by Crippen LogP contribution is -2.49. The monoisotopic (exact) mass is 267 g/mol. The first-order valence-electron chi connectivity index (χ1n) is 7.73. The lowest BCUT2D eigenvalue weighted by molar-refractivity contribution is -0.130. The lowest BCUT2D eigenvalue weighted by atomic mass is 9.74. The van der Waals surface area contributed by atoms with E-state index in [9.17, 15) is 0 Å². The molecule has 2 aromatic carbocycles. The molecule has 0 amide bonds. The second-order valence-corrected chi connectivity index (χ2v) is 6.25. The average molecular weight is 267 g/mol. The molecule has 20 heavy (non-hydrogen) atoms. The Morgan fingerprint density at radius 2 is 1.90 bits per heavy atom. The first kappa shape index (κ1) is 12.2. The van der Waals surface area contributed by atoms with Crippen LogP contribution in [0.4, 0.5) is 5.69 Å². The van der Waals surface area contributed by atoms with E-state index in [4.69, 9.17) is 4.74 Å². The summed E-state index contributed by atoms with van der Waals surface area (Å²) in [6.07, 6.45) is 6.11. The second-order valence-electron chi connectivity index (χ2n) is 6.25. The van der Waals surface area contributed by atoms with Crippen LogP contribution in [0.2, 0.25) is 0 Å². The van der Waals surface area contributed by atoms with Crippen LogP contribution in [0.1, 0.15) is 32.1 Å². The Morgan fingerprint density at radius 3 is 2.75 bits per heavy atom. The molecular weight excluding hydrogens is 246 g/mol. The summed E-state index contributed by atoms with van der Waals surface area (Å²) in [5, 5.41) is 6.40. The van der Waals surface area contributed by atoms with Gasteiger partial charge in [-0.15, -0.1) is 0 Å². The Hall–Kier alpha value is -1.54. The fourth-order valence-corrected chi connectivity index (χ4v) is 3.64. The zero-order valence-corrected chi connectivity index (χ0v) is 11.8. The van der Waals surface area contributed by atoms with Gasteiger partial charge in [-0.05, 0) is 43.6 Å². The van der Waals surface area contributed by atoms with E-state index in [0.29, 0.717) is 6.04 Å². The summed E-state index contributed by atoms with van der Waals surface area (Å²) < 4.78 is 6.02. The molecule has 2 fully saturated rings. The number of benzene rings is 2. The predicted octanol–water partition coefficient (Wildman–Crippen LogP) is 4.35. The molecule has 1 atom stereocenters. The maximum Gasteiger partial charge on any atom is 0.0702 e. The molecule has 1 aliphatic heterocycles. The van der Waals surface area contributed by atoms with Gasteiger partial charge in [-0.25, -0.2) is 0 Å². The van der Waals surface area contributed by atoms with Gasteiger partial charge in [0.2, 0.25) is 0 Å². The van der Waals surface area contributed by atoms with Crippen molar-refractivity contribution in [3.05, 3.63) is 42.5 Å². The summed E-state index contributed by atoms with van der Waals surface area (Å²) in [5.74, 6) is 0. The molecule has 1 unspecified atom stereocenters. The maximum atomic E-state index is 6.02. The molecule has 1 N–H and O–H groups in total. The predicted molar refractivity (Wildman–Crippen MR) is 83.1 cm³/mol. The number of ether oxygens (including phenoxy) is 1. The minimum absolute atomic E-state index is 0.209. The largest absolute Gasteiger partial charge is 0.382 e. The number of hydrogen-bond acceptors (Lipinski definition) is 2. The molecule has 2 aromatic rings. The van der Waals surface area contributed by atoms with Gasteiger partial charge in [0.05, 0.1) is 5.60 Å². The van der Waals surface area contributed by atoms with Crippen LogP contribution in [-0.2, 0) is 4.74 Å². The topological polar surface area (TPSA) is 21.3 Å². The molecule has 1 saturated carbocycles. The Kier molecular flexibility index (Phi) is 2.92. The quantitative estimate of drug-likeness (QED) is 0.873. The van der Waals surface area contributed by atoms with Crippen molar-refractivity contribution >= 4 is 16.5 Å². The summed E-state index contributed by atoms with van der Waals surface area (Å²) in [6.45, 7) is 0.905. The van der Waals surface area contributed by atoms with E-state index < -0.39 is 0 Å². The summed E-state index contributed by atoms with van der Waals surface area (Å²) >= 11 is 0. The Labute approximate surface area is 120 Å². The molecule has 1 heterocycles. The van der Waals surface area contributed by atoms with Gasteiger partial charge in [0.1, 0.15) is 0 Å². The molecule has 2 aliphatic rings. The molecular formula is C18H21NO. The smallest absolute Gasteiger partial charge is 0.0702 e. The highest BCUT2D eigenvalue weighted by Gasteiger charge is 2.42. The minimum Gasteiger partial charge on any atom is -0.382 e. The van der Waals surface area contributed by atoms with Gasteiger partial charge in [0.15, 0.2) is 0 Å². The molecule has 2 heteroatoms. The van der Waals surface area contributed by atoms with Gasteiger partial charge in [-0.1, -0.05) is 36.4 Å². The van der Waals surface area contributed by atoms with E-state index in [1.807, 2.05) is 0 Å². The van der Waals surface area contributed by atoms with Gasteiger partial charge >= 0.3 is 0 Å². The van der Waals surface area contributed by atoms with Crippen LogP contribution in [0.15, 0.2) is 42.5 Å². The summed E-state index contributed by atoms with van der Waals surface area (Å²) in [7, 11) is 0. The number of anilines is 1. The molecule has 104 valence electrons. The Morgan fingerprint density at radius 1 is 1.05 bits per heavy atom. The third kappa shape index (κ3) is 2.08. The standard InChI is InChI=1S/C18H21NO/c1-2-7-16-14(5-1)6-3-8-17(16)19-15-9-12-20-18(13-15)10-4-11-18/h1-3,5-8,15,19H,4,9-13H2.